The van der Waals surface area contributed by atoms with Crippen molar-refractivity contribution in [3.63, 3.8) is 0 Å². The number of non-ortho nitro benzene ring substituents is 1. The van der Waals surface area contributed by atoms with Gasteiger partial charge in [0.2, 0.25) is 5.91 Å². The molecule has 0 aromatic heterocycles. The molecular formula is C24H26N4O5. The van der Waals surface area contributed by atoms with Crippen LogP contribution in [0.15, 0.2) is 42.5 Å². The summed E-state index contributed by atoms with van der Waals surface area (Å²) >= 11 is 0. The van der Waals surface area contributed by atoms with Crippen molar-refractivity contribution in [2.45, 2.75) is 38.6 Å². The van der Waals surface area contributed by atoms with Gasteiger partial charge in [-0.25, -0.2) is 0 Å². The number of likely N-dealkylation sites (tertiary alicyclic amines) is 1. The summed E-state index contributed by atoms with van der Waals surface area (Å²) in [6.45, 7) is 3.24. The average molecular weight is 450 g/mol. The minimum absolute atomic E-state index is 0.0308. The van der Waals surface area contributed by atoms with Gasteiger partial charge in [0.25, 0.3) is 17.5 Å². The first-order chi connectivity index (χ1) is 15.9. The number of hydrogen-bond donors (Lipinski definition) is 1. The van der Waals surface area contributed by atoms with Crippen molar-refractivity contribution in [3.05, 3.63) is 69.3 Å². The average Bonchev–Trinajstić information content (AvgIpc) is 3.05. The Morgan fingerprint density at radius 1 is 0.970 bits per heavy atom. The number of nitrogens with one attached hydrogen (secondary N) is 1. The van der Waals surface area contributed by atoms with Gasteiger partial charge in [0.05, 0.1) is 16.1 Å². The maximum Gasteiger partial charge on any atom is 0.270 e. The van der Waals surface area contributed by atoms with Gasteiger partial charge in [0.15, 0.2) is 0 Å². The summed E-state index contributed by atoms with van der Waals surface area (Å²) in [5, 5.41) is 13.8. The number of carbonyl (C=O) groups is 3. The maximum absolute atomic E-state index is 12.5. The van der Waals surface area contributed by atoms with Crippen LogP contribution in [0.5, 0.6) is 0 Å². The smallest absolute Gasteiger partial charge is 0.270 e. The lowest BCUT2D eigenvalue weighted by molar-refractivity contribution is -0.384. The molecule has 172 valence electrons. The predicted molar refractivity (Wildman–Crippen MR) is 122 cm³/mol. The highest BCUT2D eigenvalue weighted by Gasteiger charge is 2.36. The molecule has 1 N–H and O–H groups in total. The lowest BCUT2D eigenvalue weighted by Crippen LogP contribution is -2.31. The number of benzene rings is 2. The third-order valence-electron chi connectivity index (χ3n) is 6.04. The third-order valence-corrected chi connectivity index (χ3v) is 6.04. The van der Waals surface area contributed by atoms with Crippen LogP contribution in [0, 0.1) is 10.1 Å². The number of anilines is 1. The quantitative estimate of drug-likeness (QED) is 0.374. The fourth-order valence-corrected chi connectivity index (χ4v) is 4.29. The maximum atomic E-state index is 12.5. The van der Waals surface area contributed by atoms with Gasteiger partial charge in [0, 0.05) is 37.3 Å². The van der Waals surface area contributed by atoms with Crippen molar-refractivity contribution < 1.29 is 19.3 Å². The van der Waals surface area contributed by atoms with E-state index in [1.807, 2.05) is 24.3 Å². The van der Waals surface area contributed by atoms with Gasteiger partial charge in [-0.15, -0.1) is 0 Å². The van der Waals surface area contributed by atoms with Gasteiger partial charge in [-0.2, -0.15) is 0 Å². The highest BCUT2D eigenvalue weighted by Crippen LogP contribution is 2.27. The van der Waals surface area contributed by atoms with E-state index in [-0.39, 0.29) is 35.7 Å². The molecule has 33 heavy (non-hydrogen) atoms. The van der Waals surface area contributed by atoms with Gasteiger partial charge in [0.1, 0.15) is 0 Å². The number of nitrogens with zero attached hydrogens (tertiary/aromatic N) is 3. The summed E-state index contributed by atoms with van der Waals surface area (Å²) in [5.74, 6) is -1.26. The number of piperidine rings is 1. The standard InChI is InChI=1S/C24H26N4O5/c29-22(25-18-8-6-17(7-9-18)16-26-12-2-1-3-13-26)5-4-14-27-23(30)20-11-10-19(28(32)33)15-21(20)24(27)31/h6-11,15H,1-5,12-14,16H2,(H,25,29). The summed E-state index contributed by atoms with van der Waals surface area (Å²) in [4.78, 5) is 51.1. The minimum Gasteiger partial charge on any atom is -0.326 e. The number of rotatable bonds is 8. The number of nitro groups is 1. The number of nitro benzene ring substituents is 1. The van der Waals surface area contributed by atoms with E-state index < -0.39 is 16.7 Å². The van der Waals surface area contributed by atoms with E-state index in [0.717, 1.165) is 30.6 Å². The SMILES string of the molecule is O=C(CCCN1C(=O)c2ccc([N+](=O)[O-])cc2C1=O)Nc1ccc(CN2CCCCC2)cc1. The molecule has 2 aliphatic heterocycles. The third kappa shape index (κ3) is 5.25. The van der Waals surface area contributed by atoms with Crippen LogP contribution < -0.4 is 5.32 Å². The predicted octanol–water partition coefficient (Wildman–Crippen LogP) is 3.60. The molecule has 0 saturated carbocycles. The molecule has 2 aliphatic rings. The van der Waals surface area contributed by atoms with E-state index in [0.29, 0.717) is 12.1 Å². The molecule has 0 unspecified atom stereocenters. The molecule has 4 rings (SSSR count). The van der Waals surface area contributed by atoms with E-state index in [1.54, 1.807) is 0 Å². The number of carbonyl (C=O) groups excluding carboxylic acids is 3. The number of amides is 3. The zero-order valence-corrected chi connectivity index (χ0v) is 18.3. The summed E-state index contributed by atoms with van der Waals surface area (Å²) in [5.41, 5.74) is 1.86. The van der Waals surface area contributed by atoms with Crippen LogP contribution in [0.1, 0.15) is 58.4 Å². The molecule has 0 aliphatic carbocycles. The van der Waals surface area contributed by atoms with E-state index in [4.69, 9.17) is 0 Å². The Bertz CT molecular complexity index is 1080. The number of hydrogen-bond acceptors (Lipinski definition) is 6. The van der Waals surface area contributed by atoms with E-state index in [1.165, 1.54) is 37.0 Å². The van der Waals surface area contributed by atoms with E-state index >= 15 is 0 Å². The minimum atomic E-state index is -0.606. The van der Waals surface area contributed by atoms with E-state index in [9.17, 15) is 24.5 Å². The summed E-state index contributed by atoms with van der Waals surface area (Å²) in [6, 6.07) is 11.4. The zero-order chi connectivity index (χ0) is 23.4. The summed E-state index contributed by atoms with van der Waals surface area (Å²) in [7, 11) is 0. The fraction of sp³-hybridized carbons (Fsp3) is 0.375. The molecule has 2 heterocycles. The van der Waals surface area contributed by atoms with E-state index in [2.05, 4.69) is 10.2 Å². The Labute approximate surface area is 191 Å². The van der Waals surface area contributed by atoms with Gasteiger partial charge in [-0.05, 0) is 56.1 Å². The molecule has 3 amide bonds. The monoisotopic (exact) mass is 450 g/mol. The highest BCUT2D eigenvalue weighted by molar-refractivity contribution is 6.21. The normalized spacial score (nSPS) is 16.1. The second kappa shape index (κ2) is 9.91. The molecule has 1 fully saturated rings. The first-order valence-electron chi connectivity index (χ1n) is 11.2. The molecular weight excluding hydrogens is 424 g/mol. The van der Waals surface area contributed by atoms with Crippen LogP contribution in [0.2, 0.25) is 0 Å². The first-order valence-corrected chi connectivity index (χ1v) is 11.2. The summed E-state index contributed by atoms with van der Waals surface area (Å²) in [6.07, 6.45) is 4.23. The van der Waals surface area contributed by atoms with Crippen molar-refractivity contribution >= 4 is 29.1 Å². The van der Waals surface area contributed by atoms with Crippen LogP contribution in [0.4, 0.5) is 11.4 Å². The van der Waals surface area contributed by atoms with Gasteiger partial charge in [-0.1, -0.05) is 18.6 Å². The zero-order valence-electron chi connectivity index (χ0n) is 18.3. The largest absolute Gasteiger partial charge is 0.326 e. The Kier molecular flexibility index (Phi) is 6.79. The van der Waals surface area contributed by atoms with Crippen molar-refractivity contribution in [3.8, 4) is 0 Å². The second-order valence-electron chi connectivity index (χ2n) is 8.43. The Morgan fingerprint density at radius 2 is 1.67 bits per heavy atom. The van der Waals surface area contributed by atoms with Crippen molar-refractivity contribution in [2.24, 2.45) is 0 Å². The Balaban J connectivity index is 1.25. The van der Waals surface area contributed by atoms with Crippen LogP contribution in [0.3, 0.4) is 0 Å². The number of imide groups is 1. The lowest BCUT2D eigenvalue weighted by Gasteiger charge is -2.26. The molecule has 9 nitrogen and oxygen atoms in total. The van der Waals surface area contributed by atoms with Crippen molar-refractivity contribution in [1.82, 2.24) is 9.80 Å². The van der Waals surface area contributed by atoms with Gasteiger partial charge in [-0.3, -0.25) is 34.3 Å². The van der Waals surface area contributed by atoms with Gasteiger partial charge < -0.3 is 5.32 Å². The van der Waals surface area contributed by atoms with Crippen LogP contribution in [-0.4, -0.2) is 52.1 Å². The summed E-state index contributed by atoms with van der Waals surface area (Å²) < 4.78 is 0. The van der Waals surface area contributed by atoms with Crippen LogP contribution in [0.25, 0.3) is 0 Å². The molecule has 2 aromatic carbocycles. The molecule has 2 aromatic rings. The van der Waals surface area contributed by atoms with Crippen molar-refractivity contribution in [1.29, 1.82) is 0 Å². The Morgan fingerprint density at radius 3 is 2.36 bits per heavy atom. The second-order valence-corrected chi connectivity index (χ2v) is 8.43. The van der Waals surface area contributed by atoms with Crippen LogP contribution in [-0.2, 0) is 11.3 Å². The Hall–Kier alpha value is -3.59. The van der Waals surface area contributed by atoms with Gasteiger partial charge >= 0.3 is 0 Å². The number of fused-ring (bicyclic) bond motifs is 1. The van der Waals surface area contributed by atoms with Crippen molar-refractivity contribution in [2.75, 3.05) is 25.0 Å². The molecule has 1 saturated heterocycles. The molecule has 9 heteroatoms. The molecule has 0 spiro atoms. The highest BCUT2D eigenvalue weighted by atomic mass is 16.6. The van der Waals surface area contributed by atoms with Crippen LogP contribution >= 0.6 is 0 Å². The fourth-order valence-electron chi connectivity index (χ4n) is 4.29. The molecule has 0 radical (unpaired) electrons. The molecule has 0 bridgehead atoms. The lowest BCUT2D eigenvalue weighted by atomic mass is 10.1. The topological polar surface area (TPSA) is 113 Å². The molecule has 0 atom stereocenters. The first kappa shape index (κ1) is 22.6.